The van der Waals surface area contributed by atoms with Gasteiger partial charge in [-0.15, -0.1) is 0 Å². The number of para-hydroxylation sites is 2. The second-order valence-corrected chi connectivity index (χ2v) is 7.65. The summed E-state index contributed by atoms with van der Waals surface area (Å²) in [5, 5.41) is 2.70. The average Bonchev–Trinajstić information content (AvgIpc) is 2.66. The molecule has 2 N–H and O–H groups in total. The van der Waals surface area contributed by atoms with Crippen LogP contribution in [0.3, 0.4) is 0 Å². The fraction of sp³-hybridized carbons (Fsp3) is 0.316. The maximum absolute atomic E-state index is 12.2. The Bertz CT molecular complexity index is 866. The summed E-state index contributed by atoms with van der Waals surface area (Å²) in [6, 6.07) is 12.8. The molecule has 0 spiro atoms. The Morgan fingerprint density at radius 1 is 1.11 bits per heavy atom. The third-order valence-electron chi connectivity index (χ3n) is 3.85. The Balaban J connectivity index is 1.94. The zero-order valence-corrected chi connectivity index (χ0v) is 16.4. The van der Waals surface area contributed by atoms with Crippen molar-refractivity contribution < 1.29 is 22.7 Å². The van der Waals surface area contributed by atoms with Gasteiger partial charge in [-0.05, 0) is 49.7 Å². The SMILES string of the molecule is CC[C@@H](C)NS(=O)(=O)c1ccc(OCC(=O)Nc2ccccc2OC)cc1. The summed E-state index contributed by atoms with van der Waals surface area (Å²) in [5.41, 5.74) is 0.547. The van der Waals surface area contributed by atoms with Crippen LogP contribution in [-0.2, 0) is 14.8 Å². The van der Waals surface area contributed by atoms with Crippen molar-refractivity contribution in [3.8, 4) is 11.5 Å². The molecule has 2 aromatic rings. The number of anilines is 1. The Hall–Kier alpha value is -2.58. The summed E-state index contributed by atoms with van der Waals surface area (Å²) >= 11 is 0. The number of rotatable bonds is 9. The van der Waals surface area contributed by atoms with Crippen LogP contribution < -0.4 is 19.5 Å². The zero-order valence-electron chi connectivity index (χ0n) is 15.6. The molecule has 8 heteroatoms. The molecule has 0 radical (unpaired) electrons. The van der Waals surface area contributed by atoms with Crippen LogP contribution >= 0.6 is 0 Å². The van der Waals surface area contributed by atoms with Crippen molar-refractivity contribution in [3.63, 3.8) is 0 Å². The van der Waals surface area contributed by atoms with Crippen LogP contribution in [-0.4, -0.2) is 34.1 Å². The Labute approximate surface area is 159 Å². The van der Waals surface area contributed by atoms with Gasteiger partial charge in [-0.2, -0.15) is 0 Å². The first kappa shape index (κ1) is 20.7. The monoisotopic (exact) mass is 392 g/mol. The van der Waals surface area contributed by atoms with Crippen LogP contribution in [0, 0.1) is 0 Å². The first-order valence-electron chi connectivity index (χ1n) is 8.53. The molecule has 0 heterocycles. The van der Waals surface area contributed by atoms with E-state index in [1.54, 1.807) is 31.2 Å². The lowest BCUT2D eigenvalue weighted by molar-refractivity contribution is -0.118. The molecule has 1 amide bonds. The van der Waals surface area contributed by atoms with E-state index in [2.05, 4.69) is 10.0 Å². The molecule has 2 rings (SSSR count). The first-order valence-corrected chi connectivity index (χ1v) is 10.0. The van der Waals surface area contributed by atoms with E-state index in [-0.39, 0.29) is 23.5 Å². The summed E-state index contributed by atoms with van der Waals surface area (Å²) < 4.78 is 37.6. The minimum absolute atomic E-state index is 0.147. The minimum atomic E-state index is -3.57. The number of amides is 1. The van der Waals surface area contributed by atoms with E-state index in [1.165, 1.54) is 31.4 Å². The van der Waals surface area contributed by atoms with Crippen molar-refractivity contribution in [3.05, 3.63) is 48.5 Å². The topological polar surface area (TPSA) is 93.7 Å². The lowest BCUT2D eigenvalue weighted by Crippen LogP contribution is -2.31. The molecule has 0 aliphatic rings. The van der Waals surface area contributed by atoms with Crippen molar-refractivity contribution in [2.75, 3.05) is 19.0 Å². The number of ether oxygens (including phenoxy) is 2. The average molecular weight is 392 g/mol. The molecule has 0 fully saturated rings. The summed E-state index contributed by atoms with van der Waals surface area (Å²) in [4.78, 5) is 12.2. The van der Waals surface area contributed by atoms with Crippen LogP contribution in [0.2, 0.25) is 0 Å². The number of hydrogen-bond acceptors (Lipinski definition) is 5. The molecular weight excluding hydrogens is 368 g/mol. The standard InChI is InChI=1S/C19H24N2O5S/c1-4-14(2)21-27(23,24)16-11-9-15(10-12-16)26-13-19(22)20-17-7-5-6-8-18(17)25-3/h5-12,14,21H,4,13H2,1-3H3,(H,20,22)/t14-/m1/s1. The quantitative estimate of drug-likeness (QED) is 0.684. The molecule has 0 aliphatic carbocycles. The van der Waals surface area contributed by atoms with Crippen molar-refractivity contribution >= 4 is 21.6 Å². The highest BCUT2D eigenvalue weighted by atomic mass is 32.2. The van der Waals surface area contributed by atoms with Crippen LogP contribution in [0.4, 0.5) is 5.69 Å². The molecule has 1 atom stereocenters. The smallest absolute Gasteiger partial charge is 0.262 e. The molecule has 0 unspecified atom stereocenters. The summed E-state index contributed by atoms with van der Waals surface area (Å²) in [6.45, 7) is 3.49. The van der Waals surface area contributed by atoms with Crippen LogP contribution in [0.5, 0.6) is 11.5 Å². The number of nitrogens with one attached hydrogen (secondary N) is 2. The Morgan fingerprint density at radius 2 is 1.78 bits per heavy atom. The predicted molar refractivity (Wildman–Crippen MR) is 104 cm³/mol. The summed E-state index contributed by atoms with van der Waals surface area (Å²) in [6.07, 6.45) is 0.696. The van der Waals surface area contributed by atoms with Crippen molar-refractivity contribution in [1.82, 2.24) is 4.72 Å². The third kappa shape index (κ3) is 5.97. The van der Waals surface area contributed by atoms with Crippen LogP contribution in [0.25, 0.3) is 0 Å². The predicted octanol–water partition coefficient (Wildman–Crippen LogP) is 2.79. The van der Waals surface area contributed by atoms with Crippen LogP contribution in [0.15, 0.2) is 53.4 Å². The molecule has 0 saturated heterocycles. The molecule has 7 nitrogen and oxygen atoms in total. The van der Waals surface area contributed by atoms with E-state index in [9.17, 15) is 13.2 Å². The number of benzene rings is 2. The third-order valence-corrected chi connectivity index (χ3v) is 5.46. The molecule has 0 aromatic heterocycles. The fourth-order valence-electron chi connectivity index (χ4n) is 2.21. The lowest BCUT2D eigenvalue weighted by atomic mass is 10.3. The molecule has 146 valence electrons. The van der Waals surface area contributed by atoms with Gasteiger partial charge in [-0.1, -0.05) is 19.1 Å². The highest BCUT2D eigenvalue weighted by molar-refractivity contribution is 7.89. The van der Waals surface area contributed by atoms with Gasteiger partial charge in [0.05, 0.1) is 17.7 Å². The van der Waals surface area contributed by atoms with Gasteiger partial charge in [0.15, 0.2) is 6.61 Å². The summed E-state index contributed by atoms with van der Waals surface area (Å²) in [5.74, 6) is 0.594. The fourth-order valence-corrected chi connectivity index (χ4v) is 3.54. The van der Waals surface area contributed by atoms with Gasteiger partial charge in [0.1, 0.15) is 11.5 Å². The highest BCUT2D eigenvalue weighted by Gasteiger charge is 2.16. The van der Waals surface area contributed by atoms with E-state index < -0.39 is 10.0 Å². The number of sulfonamides is 1. The van der Waals surface area contributed by atoms with Crippen molar-refractivity contribution in [1.29, 1.82) is 0 Å². The van der Waals surface area contributed by atoms with Gasteiger partial charge in [0, 0.05) is 6.04 Å². The van der Waals surface area contributed by atoms with E-state index in [0.29, 0.717) is 23.6 Å². The number of carbonyl (C=O) groups excluding carboxylic acids is 1. The zero-order chi connectivity index (χ0) is 19.9. The van der Waals surface area contributed by atoms with E-state index in [0.717, 1.165) is 0 Å². The van der Waals surface area contributed by atoms with Gasteiger partial charge >= 0.3 is 0 Å². The molecular formula is C19H24N2O5S. The maximum atomic E-state index is 12.2. The largest absolute Gasteiger partial charge is 0.495 e. The van der Waals surface area contributed by atoms with Gasteiger partial charge < -0.3 is 14.8 Å². The number of methoxy groups -OCH3 is 1. The highest BCUT2D eigenvalue weighted by Crippen LogP contribution is 2.23. The van der Waals surface area contributed by atoms with E-state index in [1.807, 2.05) is 6.92 Å². The Kier molecular flexibility index (Phi) is 7.20. The molecule has 0 bridgehead atoms. The van der Waals surface area contributed by atoms with Gasteiger partial charge in [-0.25, -0.2) is 13.1 Å². The number of carbonyl (C=O) groups is 1. The lowest BCUT2D eigenvalue weighted by Gasteiger charge is -2.13. The second-order valence-electron chi connectivity index (χ2n) is 5.94. The molecule has 27 heavy (non-hydrogen) atoms. The van der Waals surface area contributed by atoms with E-state index in [4.69, 9.17) is 9.47 Å². The van der Waals surface area contributed by atoms with Crippen molar-refractivity contribution in [2.24, 2.45) is 0 Å². The van der Waals surface area contributed by atoms with Gasteiger partial charge in [-0.3, -0.25) is 4.79 Å². The van der Waals surface area contributed by atoms with Gasteiger partial charge in [0.25, 0.3) is 5.91 Å². The Morgan fingerprint density at radius 3 is 2.41 bits per heavy atom. The van der Waals surface area contributed by atoms with Gasteiger partial charge in [0.2, 0.25) is 10.0 Å². The summed E-state index contributed by atoms with van der Waals surface area (Å²) in [7, 11) is -2.05. The van der Waals surface area contributed by atoms with E-state index >= 15 is 0 Å². The maximum Gasteiger partial charge on any atom is 0.262 e. The number of hydrogen-bond donors (Lipinski definition) is 2. The van der Waals surface area contributed by atoms with Crippen LogP contribution in [0.1, 0.15) is 20.3 Å². The molecule has 2 aromatic carbocycles. The van der Waals surface area contributed by atoms with Crippen molar-refractivity contribution in [2.45, 2.75) is 31.2 Å². The first-order chi connectivity index (χ1) is 12.9. The minimum Gasteiger partial charge on any atom is -0.495 e. The second kappa shape index (κ2) is 9.38. The molecule has 0 aliphatic heterocycles. The normalized spacial score (nSPS) is 12.3. The molecule has 0 saturated carbocycles.